The lowest BCUT2D eigenvalue weighted by molar-refractivity contribution is 0.285. The van der Waals surface area contributed by atoms with E-state index in [0.29, 0.717) is 35.2 Å². The Morgan fingerprint density at radius 2 is 2.28 bits per heavy atom. The van der Waals surface area contributed by atoms with E-state index in [2.05, 4.69) is 10.2 Å². The summed E-state index contributed by atoms with van der Waals surface area (Å²) in [6, 6.07) is 4.84. The molecule has 94 valence electrons. The highest BCUT2D eigenvalue weighted by molar-refractivity contribution is 5.73. The van der Waals surface area contributed by atoms with Crippen molar-refractivity contribution in [2.45, 2.75) is 12.8 Å². The molecule has 5 heteroatoms. The summed E-state index contributed by atoms with van der Waals surface area (Å²) in [7, 11) is 0. The van der Waals surface area contributed by atoms with E-state index in [0.717, 1.165) is 0 Å². The molecule has 3 rings (SSSR count). The average molecular weight is 247 g/mol. The molecule has 0 atom stereocenters. The Labute approximate surface area is 104 Å². The number of aromatic nitrogens is 2. The zero-order valence-electron chi connectivity index (χ0n) is 9.82. The summed E-state index contributed by atoms with van der Waals surface area (Å²) in [6.45, 7) is 0.601. The van der Waals surface area contributed by atoms with E-state index in [-0.39, 0.29) is 5.82 Å². The highest BCUT2D eigenvalue weighted by Gasteiger charge is 2.22. The molecule has 4 nitrogen and oxygen atoms in total. The fourth-order valence-corrected chi connectivity index (χ4v) is 1.80. The van der Waals surface area contributed by atoms with Gasteiger partial charge in [-0.05, 0) is 36.5 Å². The number of halogens is 1. The number of hydrogen-bond donors (Lipinski definition) is 2. The topological polar surface area (TPSA) is 63.9 Å². The number of aromatic amines is 1. The lowest BCUT2D eigenvalue weighted by Gasteiger charge is -2.07. The Morgan fingerprint density at radius 1 is 1.44 bits per heavy atom. The van der Waals surface area contributed by atoms with Gasteiger partial charge in [0.25, 0.3) is 0 Å². The summed E-state index contributed by atoms with van der Waals surface area (Å²) < 4.78 is 19.3. The fourth-order valence-electron chi connectivity index (χ4n) is 1.80. The average Bonchev–Trinajstić information content (AvgIpc) is 3.09. The van der Waals surface area contributed by atoms with Gasteiger partial charge >= 0.3 is 0 Å². The van der Waals surface area contributed by atoms with E-state index >= 15 is 0 Å². The number of nitrogens with two attached hydrogens (primary N) is 1. The first-order chi connectivity index (χ1) is 8.74. The van der Waals surface area contributed by atoms with E-state index in [4.69, 9.17) is 10.5 Å². The number of H-pyrrole nitrogens is 1. The van der Waals surface area contributed by atoms with Gasteiger partial charge in [0.1, 0.15) is 5.82 Å². The fraction of sp³-hybridized carbons (Fsp3) is 0.308. The van der Waals surface area contributed by atoms with Crippen LogP contribution in [0.1, 0.15) is 12.8 Å². The first kappa shape index (κ1) is 11.1. The zero-order valence-corrected chi connectivity index (χ0v) is 9.82. The number of benzene rings is 1. The molecule has 3 N–H and O–H groups in total. The number of nitrogen functional groups attached to an aromatic ring is 1. The van der Waals surface area contributed by atoms with Gasteiger partial charge in [-0.3, -0.25) is 5.10 Å². The molecule has 1 aromatic heterocycles. The monoisotopic (exact) mass is 247 g/mol. The second-order valence-electron chi connectivity index (χ2n) is 4.60. The van der Waals surface area contributed by atoms with Crippen LogP contribution in [-0.4, -0.2) is 16.8 Å². The molecule has 0 spiro atoms. The number of nitrogens with zero attached hydrogens (tertiary/aromatic N) is 1. The molecule has 1 saturated carbocycles. The van der Waals surface area contributed by atoms with Crippen LogP contribution in [0.25, 0.3) is 11.1 Å². The van der Waals surface area contributed by atoms with Gasteiger partial charge in [0.15, 0.2) is 11.6 Å². The standard InChI is InChI=1S/C13H14FN3O/c14-11-5-9(10-6-16-17-13(10)15)3-4-12(11)18-7-8-1-2-8/h3-6,8H,1-2,7H2,(H3,15,16,17). The van der Waals surface area contributed by atoms with Gasteiger partial charge in [0, 0.05) is 5.56 Å². The third kappa shape index (κ3) is 2.16. The van der Waals surface area contributed by atoms with Crippen LogP contribution in [0.5, 0.6) is 5.75 Å². The van der Waals surface area contributed by atoms with Crippen LogP contribution in [-0.2, 0) is 0 Å². The molecule has 1 aliphatic rings. The quantitative estimate of drug-likeness (QED) is 0.872. The van der Waals surface area contributed by atoms with Crippen molar-refractivity contribution < 1.29 is 9.13 Å². The first-order valence-corrected chi connectivity index (χ1v) is 5.95. The molecule has 1 aromatic carbocycles. The number of anilines is 1. The predicted molar refractivity (Wildman–Crippen MR) is 66.6 cm³/mol. The minimum atomic E-state index is -0.367. The molecule has 0 aliphatic heterocycles. The Kier molecular flexibility index (Phi) is 2.66. The second-order valence-corrected chi connectivity index (χ2v) is 4.60. The van der Waals surface area contributed by atoms with Gasteiger partial charge in [-0.1, -0.05) is 6.07 Å². The minimum absolute atomic E-state index is 0.299. The Hall–Kier alpha value is -2.04. The van der Waals surface area contributed by atoms with Crippen LogP contribution in [0, 0.1) is 11.7 Å². The van der Waals surface area contributed by atoms with E-state index in [1.165, 1.54) is 18.9 Å². The van der Waals surface area contributed by atoms with Crippen molar-refractivity contribution in [2.24, 2.45) is 5.92 Å². The smallest absolute Gasteiger partial charge is 0.165 e. The van der Waals surface area contributed by atoms with E-state index in [9.17, 15) is 4.39 Å². The third-order valence-electron chi connectivity index (χ3n) is 3.08. The third-order valence-corrected chi connectivity index (χ3v) is 3.08. The van der Waals surface area contributed by atoms with Gasteiger partial charge in [-0.2, -0.15) is 5.10 Å². The predicted octanol–water partition coefficient (Wildman–Crippen LogP) is 2.59. The lowest BCUT2D eigenvalue weighted by Crippen LogP contribution is -2.00. The SMILES string of the molecule is Nc1[nH]ncc1-c1ccc(OCC2CC2)c(F)c1. The summed E-state index contributed by atoms with van der Waals surface area (Å²) >= 11 is 0. The van der Waals surface area contributed by atoms with Crippen LogP contribution in [0.15, 0.2) is 24.4 Å². The van der Waals surface area contributed by atoms with Gasteiger partial charge in [0.2, 0.25) is 0 Å². The van der Waals surface area contributed by atoms with Crippen LogP contribution in [0.3, 0.4) is 0 Å². The Bertz CT molecular complexity index is 563. The van der Waals surface area contributed by atoms with E-state index < -0.39 is 0 Å². The Balaban J connectivity index is 1.81. The summed E-state index contributed by atoms with van der Waals surface area (Å²) in [6.07, 6.45) is 3.95. The van der Waals surface area contributed by atoms with E-state index in [1.807, 2.05) is 0 Å². The molecule has 1 heterocycles. The minimum Gasteiger partial charge on any atom is -0.490 e. The summed E-state index contributed by atoms with van der Waals surface area (Å²) in [5, 5.41) is 6.44. The maximum Gasteiger partial charge on any atom is 0.165 e. The van der Waals surface area contributed by atoms with Crippen molar-refractivity contribution in [2.75, 3.05) is 12.3 Å². The first-order valence-electron chi connectivity index (χ1n) is 5.95. The molecule has 0 saturated heterocycles. The normalized spacial score (nSPS) is 14.7. The molecular formula is C13H14FN3O. The summed E-state index contributed by atoms with van der Waals surface area (Å²) in [5.74, 6) is 0.969. The van der Waals surface area contributed by atoms with Crippen LogP contribution in [0.4, 0.5) is 10.2 Å². The van der Waals surface area contributed by atoms with Gasteiger partial charge in [-0.15, -0.1) is 0 Å². The van der Waals surface area contributed by atoms with Crippen molar-refractivity contribution in [3.8, 4) is 16.9 Å². The summed E-state index contributed by atoms with van der Waals surface area (Å²) in [5.41, 5.74) is 7.08. The van der Waals surface area contributed by atoms with Gasteiger partial charge in [0.05, 0.1) is 12.8 Å². The molecule has 0 unspecified atom stereocenters. The maximum atomic E-state index is 13.8. The second kappa shape index (κ2) is 4.33. The Morgan fingerprint density at radius 3 is 2.89 bits per heavy atom. The number of nitrogens with one attached hydrogen (secondary N) is 1. The lowest BCUT2D eigenvalue weighted by atomic mass is 10.1. The van der Waals surface area contributed by atoms with Crippen molar-refractivity contribution in [3.63, 3.8) is 0 Å². The molecule has 1 aliphatic carbocycles. The maximum absolute atomic E-state index is 13.8. The number of rotatable bonds is 4. The van der Waals surface area contributed by atoms with Crippen LogP contribution < -0.4 is 10.5 Å². The summed E-state index contributed by atoms with van der Waals surface area (Å²) in [4.78, 5) is 0. The zero-order chi connectivity index (χ0) is 12.5. The molecule has 2 aromatic rings. The molecule has 18 heavy (non-hydrogen) atoms. The van der Waals surface area contributed by atoms with E-state index in [1.54, 1.807) is 18.3 Å². The molecule has 0 radical (unpaired) electrons. The highest BCUT2D eigenvalue weighted by atomic mass is 19.1. The molecular weight excluding hydrogens is 233 g/mol. The van der Waals surface area contributed by atoms with Crippen LogP contribution in [0.2, 0.25) is 0 Å². The molecule has 0 amide bonds. The molecule has 1 fully saturated rings. The van der Waals surface area contributed by atoms with Crippen molar-refractivity contribution in [1.29, 1.82) is 0 Å². The highest BCUT2D eigenvalue weighted by Crippen LogP contribution is 2.32. The molecule has 0 bridgehead atoms. The van der Waals surface area contributed by atoms with Crippen molar-refractivity contribution in [3.05, 3.63) is 30.2 Å². The number of ether oxygens (including phenoxy) is 1. The van der Waals surface area contributed by atoms with Gasteiger partial charge in [-0.25, -0.2) is 4.39 Å². The van der Waals surface area contributed by atoms with Gasteiger partial charge < -0.3 is 10.5 Å². The van der Waals surface area contributed by atoms with Crippen molar-refractivity contribution in [1.82, 2.24) is 10.2 Å². The van der Waals surface area contributed by atoms with Crippen LogP contribution >= 0.6 is 0 Å². The van der Waals surface area contributed by atoms with Crippen molar-refractivity contribution >= 4 is 5.82 Å². The largest absolute Gasteiger partial charge is 0.490 e. The number of hydrogen-bond acceptors (Lipinski definition) is 3.